The third-order valence-corrected chi connectivity index (χ3v) is 5.96. The van der Waals surface area contributed by atoms with E-state index in [0.29, 0.717) is 16.8 Å². The molecule has 130 valence electrons. The van der Waals surface area contributed by atoms with E-state index in [1.54, 1.807) is 44.2 Å². The minimum Gasteiger partial charge on any atom is -0.316 e. The minimum atomic E-state index is -3.83. The maximum Gasteiger partial charge on any atom is 0.314 e. The molecule has 0 aliphatic rings. The van der Waals surface area contributed by atoms with Crippen LogP contribution in [0.3, 0.4) is 0 Å². The van der Waals surface area contributed by atoms with Gasteiger partial charge in [0.1, 0.15) is 0 Å². The van der Waals surface area contributed by atoms with Crippen LogP contribution in [-0.4, -0.2) is 24.9 Å². The fourth-order valence-corrected chi connectivity index (χ4v) is 4.44. The summed E-state index contributed by atoms with van der Waals surface area (Å²) < 4.78 is 27.6. The predicted octanol–water partition coefficient (Wildman–Crippen LogP) is 1.74. The van der Waals surface area contributed by atoms with E-state index in [-0.39, 0.29) is 17.0 Å². The van der Waals surface area contributed by atoms with E-state index < -0.39 is 21.1 Å². The number of aromatic nitrogens is 2. The Balaban J connectivity index is 2.23. The van der Waals surface area contributed by atoms with Crippen LogP contribution in [-0.2, 0) is 10.0 Å². The van der Waals surface area contributed by atoms with Crippen molar-refractivity contribution in [2.24, 2.45) is 0 Å². The lowest BCUT2D eigenvalue weighted by molar-refractivity contribution is 0.591. The maximum atomic E-state index is 13.1. The maximum absolute atomic E-state index is 13.1. The highest BCUT2D eigenvalue weighted by Crippen LogP contribution is 2.27. The summed E-state index contributed by atoms with van der Waals surface area (Å²) in [5, 5.41) is 0. The van der Waals surface area contributed by atoms with Gasteiger partial charge in [-0.15, -0.1) is 0 Å². The first-order chi connectivity index (χ1) is 11.8. The molecule has 0 bridgehead atoms. The molecule has 0 spiro atoms. The molecule has 2 N–H and O–H groups in total. The van der Waals surface area contributed by atoms with Crippen LogP contribution in [0.1, 0.15) is 12.5 Å². The Morgan fingerprint density at radius 2 is 1.52 bits per heavy atom. The van der Waals surface area contributed by atoms with Gasteiger partial charge < -0.3 is 9.97 Å². The fraction of sp³-hybridized carbons (Fsp3) is 0.176. The number of hydrogen-bond donors (Lipinski definition) is 2. The van der Waals surface area contributed by atoms with Crippen LogP contribution in [0.4, 0.5) is 5.69 Å². The predicted molar refractivity (Wildman–Crippen MR) is 96.6 cm³/mol. The molecule has 0 aliphatic carbocycles. The van der Waals surface area contributed by atoms with Crippen molar-refractivity contribution in [1.29, 1.82) is 0 Å². The highest BCUT2D eigenvalue weighted by atomic mass is 32.2. The van der Waals surface area contributed by atoms with E-state index in [1.165, 1.54) is 10.4 Å². The molecule has 0 radical (unpaired) electrons. The van der Waals surface area contributed by atoms with Crippen molar-refractivity contribution >= 4 is 26.7 Å². The van der Waals surface area contributed by atoms with Gasteiger partial charge in [-0.2, -0.15) is 0 Å². The Morgan fingerprint density at radius 3 is 2.08 bits per heavy atom. The van der Waals surface area contributed by atoms with Gasteiger partial charge in [0.15, 0.2) is 0 Å². The van der Waals surface area contributed by atoms with Crippen molar-refractivity contribution in [2.45, 2.75) is 18.7 Å². The van der Waals surface area contributed by atoms with Crippen LogP contribution in [0.2, 0.25) is 0 Å². The Bertz CT molecular complexity index is 1150. The van der Waals surface area contributed by atoms with Crippen LogP contribution in [0.25, 0.3) is 11.0 Å². The Labute approximate surface area is 144 Å². The quantitative estimate of drug-likeness (QED) is 0.693. The second kappa shape index (κ2) is 6.21. The number of aromatic amines is 2. The number of para-hydroxylation sites is 1. The van der Waals surface area contributed by atoms with Crippen LogP contribution in [0, 0.1) is 6.92 Å². The summed E-state index contributed by atoms with van der Waals surface area (Å²) in [6, 6.07) is 11.7. The summed E-state index contributed by atoms with van der Waals surface area (Å²) in [6.45, 7) is 3.65. The molecular weight excluding hydrogens is 342 g/mol. The van der Waals surface area contributed by atoms with Gasteiger partial charge in [0.25, 0.3) is 10.0 Å². The number of nitrogens with zero attached hydrogens (tertiary/aromatic N) is 1. The molecule has 1 heterocycles. The summed E-state index contributed by atoms with van der Waals surface area (Å²) in [6.07, 6.45) is 0. The van der Waals surface area contributed by atoms with Crippen LogP contribution < -0.4 is 15.4 Å². The molecule has 0 fully saturated rings. The molecule has 0 atom stereocenters. The second-order valence-corrected chi connectivity index (χ2v) is 7.41. The van der Waals surface area contributed by atoms with E-state index in [0.717, 1.165) is 0 Å². The zero-order valence-electron chi connectivity index (χ0n) is 13.7. The van der Waals surface area contributed by atoms with Gasteiger partial charge in [-0.1, -0.05) is 18.2 Å². The number of anilines is 1. The molecule has 0 unspecified atom stereocenters. The Morgan fingerprint density at radius 1 is 0.960 bits per heavy atom. The molecule has 3 aromatic rings. The van der Waals surface area contributed by atoms with Gasteiger partial charge in [0.2, 0.25) is 0 Å². The molecule has 0 aliphatic heterocycles. The van der Waals surface area contributed by atoms with Crippen LogP contribution in [0.15, 0.2) is 56.9 Å². The highest BCUT2D eigenvalue weighted by molar-refractivity contribution is 7.92. The number of H-pyrrole nitrogens is 2. The molecule has 0 amide bonds. The SMILES string of the molecule is CCN(c1ccccc1)S(=O)(=O)c1cc2[nH]c(=O)c(=O)[nH]c2cc1C. The Hall–Kier alpha value is -2.87. The summed E-state index contributed by atoms with van der Waals surface area (Å²) in [5.41, 5.74) is 0.0721. The number of aryl methyl sites for hydroxylation is 1. The van der Waals surface area contributed by atoms with Crippen molar-refractivity contribution in [3.8, 4) is 0 Å². The Kier molecular flexibility index (Phi) is 4.22. The van der Waals surface area contributed by atoms with Crippen LogP contribution >= 0.6 is 0 Å². The topological polar surface area (TPSA) is 103 Å². The normalized spacial score (nSPS) is 11.6. The fourth-order valence-electron chi connectivity index (χ4n) is 2.74. The lowest BCUT2D eigenvalue weighted by Crippen LogP contribution is -2.32. The first-order valence-electron chi connectivity index (χ1n) is 7.69. The summed E-state index contributed by atoms with van der Waals surface area (Å²) in [7, 11) is -3.83. The van der Waals surface area contributed by atoms with Crippen molar-refractivity contribution in [2.75, 3.05) is 10.8 Å². The van der Waals surface area contributed by atoms with Gasteiger partial charge in [0.05, 0.1) is 21.6 Å². The molecule has 3 rings (SSSR count). The molecule has 1 aromatic heterocycles. The zero-order chi connectivity index (χ0) is 18.2. The second-order valence-electron chi connectivity index (χ2n) is 5.58. The van der Waals surface area contributed by atoms with E-state index in [2.05, 4.69) is 9.97 Å². The lowest BCUT2D eigenvalue weighted by atomic mass is 10.2. The number of rotatable bonds is 4. The average molecular weight is 359 g/mol. The van der Waals surface area contributed by atoms with Crippen molar-refractivity contribution in [3.63, 3.8) is 0 Å². The number of benzene rings is 2. The molecule has 7 nitrogen and oxygen atoms in total. The molecule has 8 heteroatoms. The summed E-state index contributed by atoms with van der Waals surface area (Å²) in [4.78, 5) is 27.9. The standard InChI is InChI=1S/C17H17N3O4S/c1-3-20(12-7-5-4-6-8-12)25(23,24)15-10-14-13(9-11(15)2)18-16(21)17(22)19-14/h4-10H,3H2,1-2H3,(H,18,21)(H,19,22). The number of fused-ring (bicyclic) bond motifs is 1. The smallest absolute Gasteiger partial charge is 0.314 e. The first kappa shape index (κ1) is 17.0. The first-order valence-corrected chi connectivity index (χ1v) is 9.13. The minimum absolute atomic E-state index is 0.0772. The van der Waals surface area contributed by atoms with Gasteiger partial charge in [-0.3, -0.25) is 13.9 Å². The monoisotopic (exact) mass is 359 g/mol. The number of hydrogen-bond acceptors (Lipinski definition) is 4. The van der Waals surface area contributed by atoms with E-state index in [4.69, 9.17) is 0 Å². The largest absolute Gasteiger partial charge is 0.316 e. The summed E-state index contributed by atoms with van der Waals surface area (Å²) >= 11 is 0. The third-order valence-electron chi connectivity index (χ3n) is 3.92. The molecule has 0 saturated carbocycles. The van der Waals surface area contributed by atoms with Gasteiger partial charge in [0, 0.05) is 6.54 Å². The molecule has 2 aromatic carbocycles. The summed E-state index contributed by atoms with van der Waals surface area (Å²) in [5.74, 6) is 0. The third kappa shape index (κ3) is 2.96. The van der Waals surface area contributed by atoms with Gasteiger partial charge >= 0.3 is 11.1 Å². The molecular formula is C17H17N3O4S. The van der Waals surface area contributed by atoms with Crippen molar-refractivity contribution in [1.82, 2.24) is 9.97 Å². The lowest BCUT2D eigenvalue weighted by Gasteiger charge is -2.24. The molecule has 25 heavy (non-hydrogen) atoms. The van der Waals surface area contributed by atoms with E-state index in [1.807, 2.05) is 6.07 Å². The van der Waals surface area contributed by atoms with Gasteiger partial charge in [-0.25, -0.2) is 8.42 Å². The number of nitrogens with one attached hydrogen (secondary N) is 2. The average Bonchev–Trinajstić information content (AvgIpc) is 2.57. The van der Waals surface area contributed by atoms with Crippen molar-refractivity contribution < 1.29 is 8.42 Å². The highest BCUT2D eigenvalue weighted by Gasteiger charge is 2.26. The number of sulfonamides is 1. The van der Waals surface area contributed by atoms with Gasteiger partial charge in [-0.05, 0) is 43.7 Å². The van der Waals surface area contributed by atoms with E-state index >= 15 is 0 Å². The molecule has 0 saturated heterocycles. The zero-order valence-corrected chi connectivity index (χ0v) is 14.6. The van der Waals surface area contributed by atoms with Crippen molar-refractivity contribution in [3.05, 3.63) is 68.7 Å². The van der Waals surface area contributed by atoms with Crippen LogP contribution in [0.5, 0.6) is 0 Å². The van der Waals surface area contributed by atoms with E-state index in [9.17, 15) is 18.0 Å².